The lowest BCUT2D eigenvalue weighted by Crippen LogP contribution is -2.33. The first-order valence-corrected chi connectivity index (χ1v) is 6.71. The second-order valence-electron chi connectivity index (χ2n) is 5.50. The predicted octanol–water partition coefficient (Wildman–Crippen LogP) is 3.81. The molecule has 0 aromatic heterocycles. The summed E-state index contributed by atoms with van der Waals surface area (Å²) in [5.74, 6) is 1.76. The third-order valence-electron chi connectivity index (χ3n) is 4.25. The molecule has 0 spiro atoms. The highest BCUT2D eigenvalue weighted by Crippen LogP contribution is 2.34. The van der Waals surface area contributed by atoms with Gasteiger partial charge in [-0.25, -0.2) is 0 Å². The van der Waals surface area contributed by atoms with Crippen molar-refractivity contribution in [2.75, 3.05) is 13.1 Å². The van der Waals surface area contributed by atoms with Gasteiger partial charge in [0.2, 0.25) is 0 Å². The molecule has 2 rings (SSSR count). The average molecular weight is 207 g/mol. The fourth-order valence-electron chi connectivity index (χ4n) is 3.03. The maximum Gasteiger partial charge on any atom is 0.0174 e. The molecule has 0 radical (unpaired) electrons. The smallest absolute Gasteiger partial charge is 0.0174 e. The molecule has 1 heteroatoms. The molecule has 1 heterocycles. The predicted molar refractivity (Wildman–Crippen MR) is 65.7 cm³/mol. The monoisotopic (exact) mass is 207 g/mol. The van der Waals surface area contributed by atoms with Crippen molar-refractivity contribution in [1.29, 1.82) is 0 Å². The second kappa shape index (κ2) is 5.05. The molecule has 0 bridgehead atoms. The molecular weight excluding hydrogens is 182 g/mol. The molecular formula is C14H25N. The lowest BCUT2D eigenvalue weighted by Gasteiger charge is -2.37. The Morgan fingerprint density at radius 1 is 1.00 bits per heavy atom. The van der Waals surface area contributed by atoms with Crippen LogP contribution in [0.1, 0.15) is 51.9 Å². The second-order valence-corrected chi connectivity index (χ2v) is 5.50. The summed E-state index contributed by atoms with van der Waals surface area (Å²) in [7, 11) is 0. The van der Waals surface area contributed by atoms with E-state index in [2.05, 4.69) is 18.4 Å². The van der Waals surface area contributed by atoms with E-state index in [1.165, 1.54) is 63.7 Å². The van der Waals surface area contributed by atoms with Gasteiger partial charge in [-0.1, -0.05) is 26.3 Å². The SMILES string of the molecule is C=C(C1CCC(C)CC1)N1CCCCC1. The third kappa shape index (κ3) is 2.76. The number of allylic oxidation sites excluding steroid dienone is 1. The molecule has 0 N–H and O–H groups in total. The Kier molecular flexibility index (Phi) is 3.71. The maximum absolute atomic E-state index is 4.35. The molecule has 86 valence electrons. The minimum atomic E-state index is 0.805. The van der Waals surface area contributed by atoms with Crippen molar-refractivity contribution in [3.63, 3.8) is 0 Å². The zero-order valence-corrected chi connectivity index (χ0v) is 10.2. The summed E-state index contributed by atoms with van der Waals surface area (Å²) in [6.07, 6.45) is 9.78. The minimum Gasteiger partial charge on any atom is -0.375 e. The van der Waals surface area contributed by atoms with Gasteiger partial charge in [-0.05, 0) is 43.9 Å². The van der Waals surface area contributed by atoms with E-state index in [1.807, 2.05) is 0 Å². The first kappa shape index (κ1) is 11.0. The van der Waals surface area contributed by atoms with Gasteiger partial charge in [-0.3, -0.25) is 0 Å². The molecule has 2 fully saturated rings. The van der Waals surface area contributed by atoms with E-state index >= 15 is 0 Å². The summed E-state index contributed by atoms with van der Waals surface area (Å²) < 4.78 is 0. The van der Waals surface area contributed by atoms with Crippen LogP contribution in [0.5, 0.6) is 0 Å². The molecule has 1 aliphatic heterocycles. The molecule has 0 aromatic carbocycles. The van der Waals surface area contributed by atoms with Gasteiger partial charge in [0, 0.05) is 18.8 Å². The molecule has 1 saturated heterocycles. The largest absolute Gasteiger partial charge is 0.375 e. The highest BCUT2D eigenvalue weighted by Gasteiger charge is 2.24. The Morgan fingerprint density at radius 3 is 2.20 bits per heavy atom. The van der Waals surface area contributed by atoms with Crippen LogP contribution in [0.3, 0.4) is 0 Å². The van der Waals surface area contributed by atoms with Crippen molar-refractivity contribution >= 4 is 0 Å². The first-order valence-electron chi connectivity index (χ1n) is 6.71. The standard InChI is InChI=1S/C14H25N/c1-12-6-8-14(9-7-12)13(2)15-10-4-3-5-11-15/h12,14H,2-11H2,1H3. The van der Waals surface area contributed by atoms with Gasteiger partial charge in [0.05, 0.1) is 0 Å². The summed E-state index contributed by atoms with van der Waals surface area (Å²) in [5, 5.41) is 0. The normalized spacial score (nSPS) is 32.7. The lowest BCUT2D eigenvalue weighted by molar-refractivity contribution is 0.220. The molecule has 2 aliphatic rings. The van der Waals surface area contributed by atoms with Gasteiger partial charge in [0.1, 0.15) is 0 Å². The molecule has 0 amide bonds. The molecule has 1 nitrogen and oxygen atoms in total. The van der Waals surface area contributed by atoms with Crippen molar-refractivity contribution in [1.82, 2.24) is 4.90 Å². The van der Waals surface area contributed by atoms with Crippen molar-refractivity contribution in [3.8, 4) is 0 Å². The number of hydrogen-bond donors (Lipinski definition) is 0. The van der Waals surface area contributed by atoms with Gasteiger partial charge < -0.3 is 4.90 Å². The molecule has 1 saturated carbocycles. The highest BCUT2D eigenvalue weighted by atomic mass is 15.1. The van der Waals surface area contributed by atoms with Crippen molar-refractivity contribution in [3.05, 3.63) is 12.3 Å². The molecule has 1 aliphatic carbocycles. The number of rotatable bonds is 2. The number of likely N-dealkylation sites (tertiary alicyclic amines) is 1. The summed E-state index contributed by atoms with van der Waals surface area (Å²) in [6, 6.07) is 0. The zero-order valence-electron chi connectivity index (χ0n) is 10.2. The number of piperidine rings is 1. The maximum atomic E-state index is 4.35. The van der Waals surface area contributed by atoms with Crippen LogP contribution in [0.25, 0.3) is 0 Å². The van der Waals surface area contributed by atoms with Crippen LogP contribution in [-0.2, 0) is 0 Å². The zero-order chi connectivity index (χ0) is 10.7. The molecule has 0 aromatic rings. The van der Waals surface area contributed by atoms with E-state index in [4.69, 9.17) is 0 Å². The van der Waals surface area contributed by atoms with Gasteiger partial charge in [-0.15, -0.1) is 0 Å². The number of hydrogen-bond acceptors (Lipinski definition) is 1. The third-order valence-corrected chi connectivity index (χ3v) is 4.25. The quantitative estimate of drug-likeness (QED) is 0.665. The Bertz CT molecular complexity index is 207. The average Bonchev–Trinajstić information content (AvgIpc) is 2.30. The molecule has 0 unspecified atom stereocenters. The molecule has 0 atom stereocenters. The minimum absolute atomic E-state index is 0.805. The Morgan fingerprint density at radius 2 is 1.60 bits per heavy atom. The van der Waals surface area contributed by atoms with Crippen LogP contribution in [0, 0.1) is 11.8 Å². The van der Waals surface area contributed by atoms with Crippen LogP contribution in [-0.4, -0.2) is 18.0 Å². The van der Waals surface area contributed by atoms with E-state index in [0.29, 0.717) is 0 Å². The summed E-state index contributed by atoms with van der Waals surface area (Å²) in [5.41, 5.74) is 1.46. The van der Waals surface area contributed by atoms with Crippen LogP contribution in [0.15, 0.2) is 12.3 Å². The Hall–Kier alpha value is -0.460. The lowest BCUT2D eigenvalue weighted by atomic mass is 9.81. The molecule has 15 heavy (non-hydrogen) atoms. The van der Waals surface area contributed by atoms with E-state index in [-0.39, 0.29) is 0 Å². The van der Waals surface area contributed by atoms with Crippen LogP contribution in [0.4, 0.5) is 0 Å². The van der Waals surface area contributed by atoms with Crippen molar-refractivity contribution in [2.24, 2.45) is 11.8 Å². The van der Waals surface area contributed by atoms with Gasteiger partial charge in [-0.2, -0.15) is 0 Å². The van der Waals surface area contributed by atoms with E-state index in [9.17, 15) is 0 Å². The van der Waals surface area contributed by atoms with Gasteiger partial charge >= 0.3 is 0 Å². The first-order chi connectivity index (χ1) is 7.27. The summed E-state index contributed by atoms with van der Waals surface area (Å²) >= 11 is 0. The van der Waals surface area contributed by atoms with E-state index in [0.717, 1.165) is 11.8 Å². The summed E-state index contributed by atoms with van der Waals surface area (Å²) in [4.78, 5) is 2.56. The summed E-state index contributed by atoms with van der Waals surface area (Å²) in [6.45, 7) is 9.28. The topological polar surface area (TPSA) is 3.24 Å². The van der Waals surface area contributed by atoms with E-state index < -0.39 is 0 Å². The van der Waals surface area contributed by atoms with Crippen molar-refractivity contribution in [2.45, 2.75) is 51.9 Å². The fraction of sp³-hybridized carbons (Fsp3) is 0.857. The van der Waals surface area contributed by atoms with Gasteiger partial charge in [0.25, 0.3) is 0 Å². The van der Waals surface area contributed by atoms with Crippen LogP contribution < -0.4 is 0 Å². The Balaban J connectivity index is 1.84. The van der Waals surface area contributed by atoms with Crippen LogP contribution in [0.2, 0.25) is 0 Å². The van der Waals surface area contributed by atoms with Gasteiger partial charge in [0.15, 0.2) is 0 Å². The highest BCUT2D eigenvalue weighted by molar-refractivity contribution is 5.02. The fourth-order valence-corrected chi connectivity index (χ4v) is 3.03. The van der Waals surface area contributed by atoms with E-state index in [1.54, 1.807) is 0 Å². The Labute approximate surface area is 94.5 Å². The number of nitrogens with zero attached hydrogens (tertiary/aromatic N) is 1. The van der Waals surface area contributed by atoms with Crippen LogP contribution >= 0.6 is 0 Å². The van der Waals surface area contributed by atoms with Crippen molar-refractivity contribution < 1.29 is 0 Å².